The third kappa shape index (κ3) is 5.63. The van der Waals surface area contributed by atoms with Crippen molar-refractivity contribution in [3.63, 3.8) is 0 Å². The molecule has 0 spiro atoms. The molecule has 1 aliphatic heterocycles. The first-order valence-corrected chi connectivity index (χ1v) is 8.25. The lowest BCUT2D eigenvalue weighted by atomic mass is 9.88. The highest BCUT2D eigenvalue weighted by atomic mass is 16.5. The summed E-state index contributed by atoms with van der Waals surface area (Å²) in [6.45, 7) is 15.8. The fraction of sp³-hybridized carbons (Fsp3) is 0.632. The molecule has 1 aromatic rings. The molecule has 23 heavy (non-hydrogen) atoms. The van der Waals surface area contributed by atoms with Crippen molar-refractivity contribution in [3.8, 4) is 0 Å². The van der Waals surface area contributed by atoms with Crippen LogP contribution in [0.15, 0.2) is 0 Å². The van der Waals surface area contributed by atoms with Crippen molar-refractivity contribution in [2.75, 3.05) is 6.61 Å². The van der Waals surface area contributed by atoms with Gasteiger partial charge in [0, 0.05) is 13.1 Å². The van der Waals surface area contributed by atoms with Crippen molar-refractivity contribution in [2.24, 2.45) is 0 Å². The topological polar surface area (TPSA) is 58.6 Å². The van der Waals surface area contributed by atoms with E-state index >= 15 is 0 Å². The summed E-state index contributed by atoms with van der Waals surface area (Å²) >= 11 is 0. The predicted octanol–water partition coefficient (Wildman–Crippen LogP) is 3.10. The highest BCUT2D eigenvalue weighted by Crippen LogP contribution is 2.30. The Morgan fingerprint density at radius 3 is 2.04 bits per heavy atom. The van der Waals surface area contributed by atoms with Crippen LogP contribution in [0.5, 0.6) is 0 Å². The standard InChI is InChI=1S/C15H21NO2.C4H10O/c1-5-18-15(17)6-12-9(2)10(3)13-7-16-8-14(13)11(12)4;1-4(2,3)5/h16H,5-8H2,1-4H3;5H,1-3H3. The summed E-state index contributed by atoms with van der Waals surface area (Å²) in [6, 6.07) is 0. The summed E-state index contributed by atoms with van der Waals surface area (Å²) < 4.78 is 5.06. The minimum absolute atomic E-state index is 0.131. The van der Waals surface area contributed by atoms with E-state index in [0.29, 0.717) is 13.0 Å². The Kier molecular flexibility index (Phi) is 6.78. The van der Waals surface area contributed by atoms with E-state index in [0.717, 1.165) is 18.7 Å². The molecule has 2 N–H and O–H groups in total. The number of carbonyl (C=O) groups is 1. The van der Waals surface area contributed by atoms with Gasteiger partial charge in [-0.05, 0) is 81.8 Å². The molecule has 0 aromatic heterocycles. The molecule has 1 aromatic carbocycles. The fourth-order valence-corrected chi connectivity index (χ4v) is 2.78. The van der Waals surface area contributed by atoms with Gasteiger partial charge in [-0.15, -0.1) is 0 Å². The molecule has 0 atom stereocenters. The maximum absolute atomic E-state index is 11.7. The second kappa shape index (κ2) is 7.93. The molecular weight excluding hydrogens is 290 g/mol. The molecule has 130 valence electrons. The van der Waals surface area contributed by atoms with Gasteiger partial charge < -0.3 is 15.2 Å². The number of rotatable bonds is 3. The van der Waals surface area contributed by atoms with Crippen molar-refractivity contribution in [1.82, 2.24) is 5.32 Å². The van der Waals surface area contributed by atoms with Crippen molar-refractivity contribution in [2.45, 2.75) is 73.6 Å². The lowest BCUT2D eigenvalue weighted by molar-refractivity contribution is -0.142. The molecule has 0 saturated heterocycles. The maximum atomic E-state index is 11.7. The number of ether oxygens (including phenoxy) is 1. The Morgan fingerprint density at radius 2 is 1.57 bits per heavy atom. The number of carbonyl (C=O) groups excluding carboxylic acids is 1. The first-order chi connectivity index (χ1) is 10.6. The van der Waals surface area contributed by atoms with Gasteiger partial charge in [-0.3, -0.25) is 4.79 Å². The summed E-state index contributed by atoms with van der Waals surface area (Å²) in [6.07, 6.45) is 0.389. The van der Waals surface area contributed by atoms with Gasteiger partial charge >= 0.3 is 5.97 Å². The van der Waals surface area contributed by atoms with Crippen LogP contribution >= 0.6 is 0 Å². The molecule has 1 aliphatic rings. The molecule has 0 amide bonds. The molecule has 1 heterocycles. The summed E-state index contributed by atoms with van der Waals surface area (Å²) in [7, 11) is 0. The zero-order valence-corrected chi connectivity index (χ0v) is 15.6. The summed E-state index contributed by atoms with van der Waals surface area (Å²) in [5.74, 6) is -0.131. The molecular formula is C19H31NO3. The number of hydrogen-bond donors (Lipinski definition) is 2. The molecule has 0 bridgehead atoms. The normalized spacial score (nSPS) is 13.2. The quantitative estimate of drug-likeness (QED) is 0.840. The molecule has 0 fully saturated rings. The van der Waals surface area contributed by atoms with Crippen LogP contribution in [0.2, 0.25) is 0 Å². The molecule has 2 rings (SSSR count). The van der Waals surface area contributed by atoms with E-state index in [-0.39, 0.29) is 5.97 Å². The number of benzene rings is 1. The van der Waals surface area contributed by atoms with Gasteiger partial charge in [0.2, 0.25) is 0 Å². The molecule has 4 heteroatoms. The summed E-state index contributed by atoms with van der Waals surface area (Å²) in [5.41, 5.74) is 7.25. The van der Waals surface area contributed by atoms with Gasteiger partial charge in [0.15, 0.2) is 0 Å². The highest BCUT2D eigenvalue weighted by Gasteiger charge is 2.21. The molecule has 4 nitrogen and oxygen atoms in total. The number of aliphatic hydroxyl groups is 1. The van der Waals surface area contributed by atoms with Gasteiger partial charge in [-0.2, -0.15) is 0 Å². The average Bonchev–Trinajstić information content (AvgIpc) is 2.89. The van der Waals surface area contributed by atoms with Crippen LogP contribution in [0, 0.1) is 20.8 Å². The summed E-state index contributed by atoms with van der Waals surface area (Å²) in [4.78, 5) is 11.7. The van der Waals surface area contributed by atoms with E-state index in [2.05, 4.69) is 26.1 Å². The van der Waals surface area contributed by atoms with Crippen LogP contribution in [-0.4, -0.2) is 23.3 Å². The van der Waals surface area contributed by atoms with Crippen LogP contribution in [0.3, 0.4) is 0 Å². The SMILES string of the molecule is CC(C)(C)O.CCOC(=O)Cc1c(C)c(C)c2c(c1C)CNC2. The number of hydrogen-bond acceptors (Lipinski definition) is 4. The van der Waals surface area contributed by atoms with Gasteiger partial charge in [-0.1, -0.05) is 0 Å². The van der Waals surface area contributed by atoms with E-state index in [1.54, 1.807) is 20.8 Å². The van der Waals surface area contributed by atoms with E-state index in [9.17, 15) is 4.79 Å². The largest absolute Gasteiger partial charge is 0.466 e. The Labute approximate surface area is 140 Å². The zero-order chi connectivity index (χ0) is 17.8. The molecule has 0 aliphatic carbocycles. The first kappa shape index (κ1) is 19.7. The van der Waals surface area contributed by atoms with Crippen LogP contribution in [-0.2, 0) is 29.0 Å². The average molecular weight is 321 g/mol. The number of esters is 1. The minimum Gasteiger partial charge on any atom is -0.466 e. The van der Waals surface area contributed by atoms with Gasteiger partial charge in [-0.25, -0.2) is 0 Å². The highest BCUT2D eigenvalue weighted by molar-refractivity contribution is 5.74. The smallest absolute Gasteiger partial charge is 0.310 e. The minimum atomic E-state index is -0.500. The third-order valence-electron chi connectivity index (χ3n) is 3.97. The zero-order valence-electron chi connectivity index (χ0n) is 15.6. The third-order valence-corrected chi connectivity index (χ3v) is 3.97. The van der Waals surface area contributed by atoms with Gasteiger partial charge in [0.1, 0.15) is 0 Å². The lowest BCUT2D eigenvalue weighted by Gasteiger charge is -2.17. The predicted molar refractivity (Wildman–Crippen MR) is 93.5 cm³/mol. The second-order valence-electron chi connectivity index (χ2n) is 7.07. The van der Waals surface area contributed by atoms with Crippen LogP contribution in [0.25, 0.3) is 0 Å². The monoisotopic (exact) mass is 321 g/mol. The van der Waals surface area contributed by atoms with Gasteiger partial charge in [0.05, 0.1) is 18.6 Å². The van der Waals surface area contributed by atoms with Crippen molar-refractivity contribution in [3.05, 3.63) is 33.4 Å². The fourth-order valence-electron chi connectivity index (χ4n) is 2.78. The van der Waals surface area contributed by atoms with E-state index < -0.39 is 5.60 Å². The Balaban J connectivity index is 0.000000463. The first-order valence-electron chi connectivity index (χ1n) is 8.25. The van der Waals surface area contributed by atoms with Crippen LogP contribution in [0.4, 0.5) is 0 Å². The van der Waals surface area contributed by atoms with E-state index in [1.807, 2.05) is 6.92 Å². The number of fused-ring (bicyclic) bond motifs is 1. The summed E-state index contributed by atoms with van der Waals surface area (Å²) in [5, 5.41) is 11.9. The number of nitrogens with one attached hydrogen (secondary N) is 1. The van der Waals surface area contributed by atoms with Crippen molar-refractivity contribution < 1.29 is 14.6 Å². The molecule has 0 unspecified atom stereocenters. The lowest BCUT2D eigenvalue weighted by Crippen LogP contribution is -2.12. The maximum Gasteiger partial charge on any atom is 0.310 e. The Morgan fingerprint density at radius 1 is 1.09 bits per heavy atom. The van der Waals surface area contributed by atoms with Crippen molar-refractivity contribution in [1.29, 1.82) is 0 Å². The van der Waals surface area contributed by atoms with E-state index in [4.69, 9.17) is 9.84 Å². The van der Waals surface area contributed by atoms with Crippen molar-refractivity contribution >= 4 is 5.97 Å². The Hall–Kier alpha value is -1.39. The second-order valence-corrected chi connectivity index (χ2v) is 7.07. The molecule has 0 saturated carbocycles. The molecule has 0 radical (unpaired) electrons. The Bertz CT molecular complexity index is 565. The van der Waals surface area contributed by atoms with Crippen LogP contribution in [0.1, 0.15) is 61.1 Å². The van der Waals surface area contributed by atoms with Crippen LogP contribution < -0.4 is 5.32 Å². The van der Waals surface area contributed by atoms with E-state index in [1.165, 1.54) is 27.8 Å². The van der Waals surface area contributed by atoms with Gasteiger partial charge in [0.25, 0.3) is 0 Å².